The Labute approximate surface area is 129 Å². The maximum absolute atomic E-state index is 12.0. The summed E-state index contributed by atoms with van der Waals surface area (Å²) in [6.07, 6.45) is 0.660. The summed E-state index contributed by atoms with van der Waals surface area (Å²) in [7, 11) is 0. The third kappa shape index (κ3) is 4.07. The van der Waals surface area contributed by atoms with Crippen molar-refractivity contribution in [2.45, 2.75) is 27.2 Å². The predicted molar refractivity (Wildman–Crippen MR) is 85.5 cm³/mol. The molecule has 2 N–H and O–H groups in total. The summed E-state index contributed by atoms with van der Waals surface area (Å²) in [5.74, 6) is 0.591. The second kappa shape index (κ2) is 7.06. The molecule has 118 valence electrons. The standard InChI is InChI=1S/C16H22N4O2/c1-4-20(16(22)10-17-12(3)21)8-7-15-18-13-6-5-11(2)9-14(13)19-15/h5-6,9H,4,7-8,10H2,1-3H3,(H,17,21)(H,18,19). The summed E-state index contributed by atoms with van der Waals surface area (Å²) in [6.45, 7) is 6.60. The summed E-state index contributed by atoms with van der Waals surface area (Å²) < 4.78 is 0. The number of imidazole rings is 1. The molecule has 0 unspecified atom stereocenters. The third-order valence-corrected chi connectivity index (χ3v) is 3.53. The Morgan fingerprint density at radius 1 is 1.36 bits per heavy atom. The molecular weight excluding hydrogens is 280 g/mol. The summed E-state index contributed by atoms with van der Waals surface area (Å²) in [5, 5.41) is 2.53. The molecular formula is C16H22N4O2. The average molecular weight is 302 g/mol. The number of carbonyl (C=O) groups is 2. The van der Waals surface area contributed by atoms with Crippen LogP contribution in [0.15, 0.2) is 18.2 Å². The molecule has 6 heteroatoms. The molecule has 0 bridgehead atoms. The van der Waals surface area contributed by atoms with Gasteiger partial charge in [0.15, 0.2) is 0 Å². The highest BCUT2D eigenvalue weighted by atomic mass is 16.2. The second-order valence-corrected chi connectivity index (χ2v) is 5.34. The van der Waals surface area contributed by atoms with E-state index in [1.165, 1.54) is 12.5 Å². The molecule has 0 aliphatic heterocycles. The van der Waals surface area contributed by atoms with Gasteiger partial charge in [0.1, 0.15) is 5.82 Å². The Morgan fingerprint density at radius 3 is 2.82 bits per heavy atom. The number of likely N-dealkylation sites (N-methyl/N-ethyl adjacent to an activating group) is 1. The van der Waals surface area contributed by atoms with Crippen molar-refractivity contribution >= 4 is 22.8 Å². The number of benzene rings is 1. The molecule has 0 aliphatic carbocycles. The van der Waals surface area contributed by atoms with Crippen LogP contribution >= 0.6 is 0 Å². The van der Waals surface area contributed by atoms with Crippen LogP contribution in [0.4, 0.5) is 0 Å². The zero-order valence-electron chi connectivity index (χ0n) is 13.3. The van der Waals surface area contributed by atoms with Crippen molar-refractivity contribution < 1.29 is 9.59 Å². The lowest BCUT2D eigenvalue weighted by molar-refractivity contribution is -0.132. The molecule has 0 atom stereocenters. The van der Waals surface area contributed by atoms with Gasteiger partial charge >= 0.3 is 0 Å². The molecule has 2 aromatic rings. The minimum atomic E-state index is -0.197. The number of fused-ring (bicyclic) bond motifs is 1. The highest BCUT2D eigenvalue weighted by Gasteiger charge is 2.13. The molecule has 0 saturated heterocycles. The van der Waals surface area contributed by atoms with E-state index in [0.717, 1.165) is 16.9 Å². The number of nitrogens with one attached hydrogen (secondary N) is 2. The monoisotopic (exact) mass is 302 g/mol. The van der Waals surface area contributed by atoms with Crippen molar-refractivity contribution in [3.8, 4) is 0 Å². The van der Waals surface area contributed by atoms with E-state index in [0.29, 0.717) is 19.5 Å². The van der Waals surface area contributed by atoms with Crippen molar-refractivity contribution in [2.75, 3.05) is 19.6 Å². The van der Waals surface area contributed by atoms with Crippen molar-refractivity contribution in [3.05, 3.63) is 29.6 Å². The van der Waals surface area contributed by atoms with Crippen LogP contribution in [0.25, 0.3) is 11.0 Å². The van der Waals surface area contributed by atoms with E-state index < -0.39 is 0 Å². The van der Waals surface area contributed by atoms with Crippen LogP contribution in [0.2, 0.25) is 0 Å². The van der Waals surface area contributed by atoms with Gasteiger partial charge in [-0.05, 0) is 31.5 Å². The van der Waals surface area contributed by atoms with E-state index in [1.807, 2.05) is 26.0 Å². The number of aryl methyl sites for hydroxylation is 1. The zero-order valence-corrected chi connectivity index (χ0v) is 13.3. The topological polar surface area (TPSA) is 78.1 Å². The SMILES string of the molecule is CCN(CCc1nc2ccc(C)cc2[nH]1)C(=O)CNC(C)=O. The highest BCUT2D eigenvalue weighted by Crippen LogP contribution is 2.13. The van der Waals surface area contributed by atoms with Crippen molar-refractivity contribution in [2.24, 2.45) is 0 Å². The molecule has 6 nitrogen and oxygen atoms in total. The Morgan fingerprint density at radius 2 is 2.14 bits per heavy atom. The molecule has 2 rings (SSSR count). The smallest absolute Gasteiger partial charge is 0.241 e. The Hall–Kier alpha value is -2.37. The van der Waals surface area contributed by atoms with Crippen molar-refractivity contribution in [3.63, 3.8) is 0 Å². The lowest BCUT2D eigenvalue weighted by Gasteiger charge is -2.20. The lowest BCUT2D eigenvalue weighted by Crippen LogP contribution is -2.40. The largest absolute Gasteiger partial charge is 0.347 e. The first-order valence-electron chi connectivity index (χ1n) is 7.47. The van der Waals surface area contributed by atoms with Gasteiger partial charge in [0.25, 0.3) is 0 Å². The number of carbonyl (C=O) groups excluding carboxylic acids is 2. The third-order valence-electron chi connectivity index (χ3n) is 3.53. The highest BCUT2D eigenvalue weighted by molar-refractivity contribution is 5.83. The van der Waals surface area contributed by atoms with Crippen LogP contribution in [-0.2, 0) is 16.0 Å². The molecule has 2 amide bonds. The Kier molecular flexibility index (Phi) is 5.14. The average Bonchev–Trinajstić information content (AvgIpc) is 2.87. The van der Waals surface area contributed by atoms with Gasteiger partial charge in [0.2, 0.25) is 11.8 Å². The van der Waals surface area contributed by atoms with Gasteiger partial charge in [-0.3, -0.25) is 9.59 Å². The molecule has 1 heterocycles. The fraction of sp³-hybridized carbons (Fsp3) is 0.438. The number of amides is 2. The van der Waals surface area contributed by atoms with Crippen LogP contribution in [0.1, 0.15) is 25.2 Å². The maximum Gasteiger partial charge on any atom is 0.241 e. The van der Waals surface area contributed by atoms with Gasteiger partial charge in [0.05, 0.1) is 17.6 Å². The van der Waals surface area contributed by atoms with E-state index in [4.69, 9.17) is 0 Å². The molecule has 1 aromatic carbocycles. The molecule has 0 radical (unpaired) electrons. The number of H-pyrrole nitrogens is 1. The minimum absolute atomic E-state index is 0.0441. The summed E-state index contributed by atoms with van der Waals surface area (Å²) in [4.78, 5) is 32.4. The number of hydrogen-bond acceptors (Lipinski definition) is 3. The molecule has 0 aliphatic rings. The van der Waals surface area contributed by atoms with E-state index >= 15 is 0 Å². The van der Waals surface area contributed by atoms with Crippen LogP contribution in [0, 0.1) is 6.92 Å². The van der Waals surface area contributed by atoms with Crippen LogP contribution in [0.3, 0.4) is 0 Å². The molecule has 22 heavy (non-hydrogen) atoms. The van der Waals surface area contributed by atoms with Crippen LogP contribution in [-0.4, -0.2) is 46.3 Å². The first kappa shape index (κ1) is 16.0. The van der Waals surface area contributed by atoms with Gasteiger partial charge in [-0.25, -0.2) is 4.98 Å². The van der Waals surface area contributed by atoms with Gasteiger partial charge < -0.3 is 15.2 Å². The summed E-state index contributed by atoms with van der Waals surface area (Å²) in [6, 6.07) is 6.08. The summed E-state index contributed by atoms with van der Waals surface area (Å²) >= 11 is 0. The molecule has 0 spiro atoms. The number of hydrogen-bond donors (Lipinski definition) is 2. The lowest BCUT2D eigenvalue weighted by atomic mass is 10.2. The van der Waals surface area contributed by atoms with E-state index in [2.05, 4.69) is 21.4 Å². The fourth-order valence-corrected chi connectivity index (χ4v) is 2.31. The number of aromatic nitrogens is 2. The van der Waals surface area contributed by atoms with E-state index in [1.54, 1.807) is 4.90 Å². The van der Waals surface area contributed by atoms with Crippen LogP contribution < -0.4 is 5.32 Å². The fourth-order valence-electron chi connectivity index (χ4n) is 2.31. The molecule has 1 aromatic heterocycles. The van der Waals surface area contributed by atoms with E-state index in [9.17, 15) is 9.59 Å². The Balaban J connectivity index is 1.96. The summed E-state index contributed by atoms with van der Waals surface area (Å²) in [5.41, 5.74) is 3.14. The Bertz CT molecular complexity index is 678. The van der Waals surface area contributed by atoms with Crippen molar-refractivity contribution in [1.82, 2.24) is 20.2 Å². The quantitative estimate of drug-likeness (QED) is 0.846. The van der Waals surface area contributed by atoms with E-state index in [-0.39, 0.29) is 18.4 Å². The van der Waals surface area contributed by atoms with Gasteiger partial charge in [-0.2, -0.15) is 0 Å². The van der Waals surface area contributed by atoms with Crippen LogP contribution in [0.5, 0.6) is 0 Å². The predicted octanol–water partition coefficient (Wildman–Crippen LogP) is 1.40. The van der Waals surface area contributed by atoms with Gasteiger partial charge in [0, 0.05) is 26.4 Å². The zero-order chi connectivity index (χ0) is 16.1. The molecule has 0 saturated carbocycles. The number of nitrogens with zero attached hydrogens (tertiary/aromatic N) is 2. The van der Waals surface area contributed by atoms with Gasteiger partial charge in [-0.15, -0.1) is 0 Å². The number of rotatable bonds is 6. The maximum atomic E-state index is 12.0. The second-order valence-electron chi connectivity index (χ2n) is 5.34. The minimum Gasteiger partial charge on any atom is -0.347 e. The first-order valence-corrected chi connectivity index (χ1v) is 7.47. The number of aromatic amines is 1. The van der Waals surface area contributed by atoms with Gasteiger partial charge in [-0.1, -0.05) is 6.07 Å². The van der Waals surface area contributed by atoms with Crippen molar-refractivity contribution in [1.29, 1.82) is 0 Å². The normalized spacial score (nSPS) is 10.7. The first-order chi connectivity index (χ1) is 10.5. The molecule has 0 fully saturated rings.